The van der Waals surface area contributed by atoms with E-state index in [1.165, 1.54) is 4.70 Å². The topological polar surface area (TPSA) is 41.1 Å². The summed E-state index contributed by atoms with van der Waals surface area (Å²) in [4.78, 5) is 12.2. The fourth-order valence-corrected chi connectivity index (χ4v) is 3.29. The van der Waals surface area contributed by atoms with Crippen LogP contribution in [-0.2, 0) is 4.79 Å². The number of benzene rings is 1. The van der Waals surface area contributed by atoms with Crippen LogP contribution in [0.15, 0.2) is 29.6 Å². The maximum atomic E-state index is 12.2. The van der Waals surface area contributed by atoms with E-state index in [0.29, 0.717) is 0 Å². The predicted molar refractivity (Wildman–Crippen MR) is 76.0 cm³/mol. The second-order valence-corrected chi connectivity index (χ2v) is 5.57. The zero-order valence-corrected chi connectivity index (χ0v) is 10.9. The van der Waals surface area contributed by atoms with Gasteiger partial charge in [-0.05, 0) is 32.0 Å². The highest BCUT2D eigenvalue weighted by molar-refractivity contribution is 7.17. The van der Waals surface area contributed by atoms with Gasteiger partial charge in [0, 0.05) is 21.4 Å². The minimum Gasteiger partial charge on any atom is -0.325 e. The number of nitrogens with one attached hydrogen (secondary N) is 2. The average molecular weight is 260 g/mol. The highest BCUT2D eigenvalue weighted by Gasteiger charge is 2.21. The largest absolute Gasteiger partial charge is 0.325 e. The van der Waals surface area contributed by atoms with E-state index in [4.69, 9.17) is 0 Å². The van der Waals surface area contributed by atoms with Gasteiger partial charge in [-0.2, -0.15) is 0 Å². The Morgan fingerprint density at radius 1 is 1.28 bits per heavy atom. The molecular formula is C14H16N2OS. The molecule has 1 saturated heterocycles. The Morgan fingerprint density at radius 3 is 2.89 bits per heavy atom. The van der Waals surface area contributed by atoms with Gasteiger partial charge >= 0.3 is 0 Å². The molecule has 0 spiro atoms. The van der Waals surface area contributed by atoms with E-state index in [9.17, 15) is 4.79 Å². The molecule has 0 bridgehead atoms. The lowest BCUT2D eigenvalue weighted by Gasteiger charge is -2.21. The lowest BCUT2D eigenvalue weighted by atomic mass is 9.97. The molecule has 94 valence electrons. The summed E-state index contributed by atoms with van der Waals surface area (Å²) in [6.45, 7) is 1.89. The summed E-state index contributed by atoms with van der Waals surface area (Å²) >= 11 is 1.68. The standard InChI is InChI=1S/C14H16N2OS/c17-14(10-5-7-15-8-6-10)16-12-9-18-13-4-2-1-3-11(12)13/h1-4,9-10,15H,5-8H2,(H,16,17). The van der Waals surface area contributed by atoms with Gasteiger partial charge in [-0.3, -0.25) is 4.79 Å². The molecule has 3 rings (SSSR count). The molecule has 0 unspecified atom stereocenters. The Morgan fingerprint density at radius 2 is 2.06 bits per heavy atom. The Bertz CT molecular complexity index is 558. The van der Waals surface area contributed by atoms with Crippen LogP contribution in [0.3, 0.4) is 0 Å². The minimum atomic E-state index is 0.157. The van der Waals surface area contributed by atoms with E-state index in [1.54, 1.807) is 11.3 Å². The number of carbonyl (C=O) groups is 1. The Hall–Kier alpha value is -1.39. The fraction of sp³-hybridized carbons (Fsp3) is 0.357. The number of hydrogen-bond donors (Lipinski definition) is 2. The molecule has 4 heteroatoms. The van der Waals surface area contributed by atoms with Crippen molar-refractivity contribution in [1.82, 2.24) is 5.32 Å². The van der Waals surface area contributed by atoms with Crippen molar-refractivity contribution in [2.24, 2.45) is 5.92 Å². The summed E-state index contributed by atoms with van der Waals surface area (Å²) in [7, 11) is 0. The maximum absolute atomic E-state index is 12.2. The third kappa shape index (κ3) is 2.26. The molecule has 0 saturated carbocycles. The maximum Gasteiger partial charge on any atom is 0.227 e. The summed E-state index contributed by atoms with van der Waals surface area (Å²) in [6.07, 6.45) is 1.88. The number of anilines is 1. The highest BCUT2D eigenvalue weighted by atomic mass is 32.1. The van der Waals surface area contributed by atoms with Gasteiger partial charge in [-0.15, -0.1) is 11.3 Å². The molecule has 0 aliphatic carbocycles. The summed E-state index contributed by atoms with van der Waals surface area (Å²) < 4.78 is 1.22. The molecule has 3 nitrogen and oxygen atoms in total. The minimum absolute atomic E-state index is 0.157. The van der Waals surface area contributed by atoms with E-state index < -0.39 is 0 Å². The zero-order valence-electron chi connectivity index (χ0n) is 10.1. The average Bonchev–Trinajstić information content (AvgIpc) is 2.83. The Kier molecular flexibility index (Phi) is 3.30. The number of fused-ring (bicyclic) bond motifs is 1. The summed E-state index contributed by atoms with van der Waals surface area (Å²) in [5, 5.41) is 9.53. The zero-order chi connectivity index (χ0) is 12.4. The first kappa shape index (κ1) is 11.7. The monoisotopic (exact) mass is 260 g/mol. The molecule has 1 aromatic heterocycles. The van der Waals surface area contributed by atoms with Gasteiger partial charge in [-0.1, -0.05) is 18.2 Å². The van der Waals surface area contributed by atoms with Crippen molar-refractivity contribution in [3.8, 4) is 0 Å². The molecule has 1 fully saturated rings. The molecule has 1 aromatic carbocycles. The normalized spacial score (nSPS) is 16.9. The predicted octanol–water partition coefficient (Wildman–Crippen LogP) is 2.84. The second kappa shape index (κ2) is 5.08. The van der Waals surface area contributed by atoms with Crippen LogP contribution >= 0.6 is 11.3 Å². The van der Waals surface area contributed by atoms with Crippen molar-refractivity contribution in [3.63, 3.8) is 0 Å². The van der Waals surface area contributed by atoms with Gasteiger partial charge in [0.15, 0.2) is 0 Å². The third-order valence-corrected chi connectivity index (χ3v) is 4.41. The number of amides is 1. The van der Waals surface area contributed by atoms with Gasteiger partial charge in [0.2, 0.25) is 5.91 Å². The molecule has 0 atom stereocenters. The van der Waals surface area contributed by atoms with Crippen LogP contribution < -0.4 is 10.6 Å². The molecule has 2 heterocycles. The van der Waals surface area contributed by atoms with Gasteiger partial charge < -0.3 is 10.6 Å². The van der Waals surface area contributed by atoms with Crippen molar-refractivity contribution < 1.29 is 4.79 Å². The molecule has 1 amide bonds. The molecule has 18 heavy (non-hydrogen) atoms. The lowest BCUT2D eigenvalue weighted by Crippen LogP contribution is -2.34. The highest BCUT2D eigenvalue weighted by Crippen LogP contribution is 2.30. The molecule has 1 aliphatic heterocycles. The first-order chi connectivity index (χ1) is 8.84. The van der Waals surface area contributed by atoms with Crippen molar-refractivity contribution in [2.45, 2.75) is 12.8 Å². The van der Waals surface area contributed by atoms with Crippen LogP contribution in [-0.4, -0.2) is 19.0 Å². The fourth-order valence-electron chi connectivity index (χ4n) is 2.39. The molecule has 2 aromatic rings. The summed E-state index contributed by atoms with van der Waals surface area (Å²) in [6, 6.07) is 8.18. The number of piperidine rings is 1. The molecule has 2 N–H and O–H groups in total. The van der Waals surface area contributed by atoms with Crippen molar-refractivity contribution in [2.75, 3.05) is 18.4 Å². The van der Waals surface area contributed by atoms with Crippen molar-refractivity contribution in [3.05, 3.63) is 29.6 Å². The first-order valence-electron chi connectivity index (χ1n) is 6.32. The van der Waals surface area contributed by atoms with E-state index in [1.807, 2.05) is 17.5 Å². The van der Waals surface area contributed by atoms with Gasteiger partial charge in [0.05, 0.1) is 5.69 Å². The third-order valence-electron chi connectivity index (χ3n) is 3.45. The summed E-state index contributed by atoms with van der Waals surface area (Å²) in [5.41, 5.74) is 0.958. The molecule has 1 aliphatic rings. The lowest BCUT2D eigenvalue weighted by molar-refractivity contribution is -0.120. The van der Waals surface area contributed by atoms with Crippen LogP contribution in [0.2, 0.25) is 0 Å². The van der Waals surface area contributed by atoms with Gasteiger partial charge in [-0.25, -0.2) is 0 Å². The Balaban J connectivity index is 1.77. The van der Waals surface area contributed by atoms with E-state index in [0.717, 1.165) is 37.0 Å². The van der Waals surface area contributed by atoms with E-state index >= 15 is 0 Å². The van der Waals surface area contributed by atoms with Gasteiger partial charge in [0.1, 0.15) is 0 Å². The van der Waals surface area contributed by atoms with Gasteiger partial charge in [0.25, 0.3) is 0 Å². The SMILES string of the molecule is O=C(Nc1csc2ccccc12)C1CCNCC1. The quantitative estimate of drug-likeness (QED) is 0.871. The molecule has 0 radical (unpaired) electrons. The van der Waals surface area contributed by atoms with Crippen LogP contribution in [0.25, 0.3) is 10.1 Å². The summed E-state index contributed by atoms with van der Waals surface area (Å²) in [5.74, 6) is 0.324. The van der Waals surface area contributed by atoms with Crippen LogP contribution in [0.1, 0.15) is 12.8 Å². The second-order valence-electron chi connectivity index (χ2n) is 4.66. The number of carbonyl (C=O) groups excluding carboxylic acids is 1. The van der Waals surface area contributed by atoms with E-state index in [2.05, 4.69) is 22.8 Å². The van der Waals surface area contributed by atoms with Crippen LogP contribution in [0.5, 0.6) is 0 Å². The first-order valence-corrected chi connectivity index (χ1v) is 7.20. The van der Waals surface area contributed by atoms with E-state index in [-0.39, 0.29) is 11.8 Å². The van der Waals surface area contributed by atoms with Crippen LogP contribution in [0, 0.1) is 5.92 Å². The number of rotatable bonds is 2. The number of hydrogen-bond acceptors (Lipinski definition) is 3. The van der Waals surface area contributed by atoms with Crippen molar-refractivity contribution in [1.29, 1.82) is 0 Å². The smallest absolute Gasteiger partial charge is 0.227 e. The molecular weight excluding hydrogens is 244 g/mol. The van der Waals surface area contributed by atoms with Crippen LogP contribution in [0.4, 0.5) is 5.69 Å². The Labute approximate surface area is 110 Å². The number of thiophene rings is 1. The van der Waals surface area contributed by atoms with Crippen molar-refractivity contribution >= 4 is 33.0 Å².